The molecule has 3 aromatic rings. The second-order valence-corrected chi connectivity index (χ2v) is 6.19. The van der Waals surface area contributed by atoms with Crippen molar-refractivity contribution < 1.29 is 4.79 Å². The van der Waals surface area contributed by atoms with Crippen molar-refractivity contribution in [3.63, 3.8) is 0 Å². The van der Waals surface area contributed by atoms with Crippen LogP contribution < -0.4 is 10.6 Å². The molecule has 5 nitrogen and oxygen atoms in total. The molecule has 0 fully saturated rings. The number of anilines is 1. The number of carbonyl (C=O) groups is 1. The number of nitrogens with two attached hydrogens (primary N) is 1. The fourth-order valence-corrected chi connectivity index (χ4v) is 2.97. The van der Waals surface area contributed by atoms with Crippen LogP contribution in [0.3, 0.4) is 0 Å². The van der Waals surface area contributed by atoms with E-state index in [1.807, 2.05) is 48.5 Å². The van der Waals surface area contributed by atoms with E-state index in [1.165, 1.54) is 0 Å². The topological polar surface area (TPSA) is 72.1 Å². The lowest BCUT2D eigenvalue weighted by molar-refractivity contribution is 0.100. The van der Waals surface area contributed by atoms with Gasteiger partial charge in [-0.3, -0.25) is 4.79 Å². The maximum atomic E-state index is 11.7. The van der Waals surface area contributed by atoms with Gasteiger partial charge in [0.05, 0.1) is 28.3 Å². The predicted molar refractivity (Wildman–Crippen MR) is 89.2 cm³/mol. The average Bonchev–Trinajstić information content (AvgIpc) is 2.91. The molecule has 0 atom stereocenters. The Balaban J connectivity index is 2.01. The SMILES string of the molecule is Cc1nc(CN(C)c2cc(C(N)=O)c3ccccc3n2)cs1. The molecule has 0 aliphatic rings. The van der Waals surface area contributed by atoms with Gasteiger partial charge in [-0.05, 0) is 19.1 Å². The zero-order valence-electron chi connectivity index (χ0n) is 12.4. The van der Waals surface area contributed by atoms with E-state index in [0.29, 0.717) is 17.9 Å². The smallest absolute Gasteiger partial charge is 0.249 e. The van der Waals surface area contributed by atoms with Gasteiger partial charge in [0.2, 0.25) is 5.91 Å². The van der Waals surface area contributed by atoms with Crippen LogP contribution in [0, 0.1) is 6.92 Å². The van der Waals surface area contributed by atoms with Crippen molar-refractivity contribution in [2.75, 3.05) is 11.9 Å². The number of rotatable bonds is 4. The van der Waals surface area contributed by atoms with Crippen molar-refractivity contribution in [1.29, 1.82) is 0 Å². The highest BCUT2D eigenvalue weighted by Crippen LogP contribution is 2.23. The highest BCUT2D eigenvalue weighted by Gasteiger charge is 2.13. The predicted octanol–water partition coefficient (Wildman–Crippen LogP) is 2.74. The molecule has 1 aromatic carbocycles. The van der Waals surface area contributed by atoms with E-state index in [1.54, 1.807) is 17.4 Å². The normalized spacial score (nSPS) is 10.8. The number of aryl methyl sites for hydroxylation is 1. The Kier molecular flexibility index (Phi) is 3.77. The second-order valence-electron chi connectivity index (χ2n) is 5.12. The number of carbonyl (C=O) groups excluding carboxylic acids is 1. The summed E-state index contributed by atoms with van der Waals surface area (Å²) in [5, 5.41) is 3.84. The third kappa shape index (κ3) is 2.78. The van der Waals surface area contributed by atoms with Gasteiger partial charge in [-0.25, -0.2) is 9.97 Å². The molecule has 0 radical (unpaired) electrons. The van der Waals surface area contributed by atoms with Gasteiger partial charge in [0, 0.05) is 17.8 Å². The zero-order chi connectivity index (χ0) is 15.7. The number of hydrogen-bond acceptors (Lipinski definition) is 5. The van der Waals surface area contributed by atoms with Crippen LogP contribution in [0.2, 0.25) is 0 Å². The molecule has 6 heteroatoms. The third-order valence-electron chi connectivity index (χ3n) is 3.42. The summed E-state index contributed by atoms with van der Waals surface area (Å²) in [5.74, 6) is 0.260. The summed E-state index contributed by atoms with van der Waals surface area (Å²) in [5.41, 5.74) is 7.74. The van der Waals surface area contributed by atoms with E-state index < -0.39 is 5.91 Å². The summed E-state index contributed by atoms with van der Waals surface area (Å²) in [6, 6.07) is 9.25. The Morgan fingerprint density at radius 1 is 1.32 bits per heavy atom. The van der Waals surface area contributed by atoms with E-state index >= 15 is 0 Å². The van der Waals surface area contributed by atoms with E-state index in [2.05, 4.69) is 9.97 Å². The Morgan fingerprint density at radius 3 is 2.77 bits per heavy atom. The number of primary amides is 1. The number of nitrogens with zero attached hydrogens (tertiary/aromatic N) is 3. The molecule has 0 bridgehead atoms. The first-order valence-electron chi connectivity index (χ1n) is 6.86. The van der Waals surface area contributed by atoms with Gasteiger partial charge >= 0.3 is 0 Å². The summed E-state index contributed by atoms with van der Waals surface area (Å²) in [6.07, 6.45) is 0. The summed E-state index contributed by atoms with van der Waals surface area (Å²) in [6.45, 7) is 2.61. The average molecular weight is 312 g/mol. The molecule has 2 aromatic heterocycles. The van der Waals surface area contributed by atoms with E-state index in [-0.39, 0.29) is 0 Å². The second kappa shape index (κ2) is 5.73. The highest BCUT2D eigenvalue weighted by atomic mass is 32.1. The minimum atomic E-state index is -0.447. The minimum Gasteiger partial charge on any atom is -0.366 e. The van der Waals surface area contributed by atoms with Gasteiger partial charge in [0.25, 0.3) is 0 Å². The number of pyridine rings is 1. The van der Waals surface area contributed by atoms with Crippen LogP contribution in [-0.2, 0) is 6.54 Å². The molecule has 0 spiro atoms. The van der Waals surface area contributed by atoms with Crippen molar-refractivity contribution in [2.45, 2.75) is 13.5 Å². The third-order valence-corrected chi connectivity index (χ3v) is 4.25. The summed E-state index contributed by atoms with van der Waals surface area (Å²) < 4.78 is 0. The molecule has 0 saturated carbocycles. The largest absolute Gasteiger partial charge is 0.366 e. The molecule has 1 amide bonds. The highest BCUT2D eigenvalue weighted by molar-refractivity contribution is 7.09. The minimum absolute atomic E-state index is 0.447. The standard InChI is InChI=1S/C16H16N4OS/c1-10-18-11(9-22-10)8-20(2)15-7-13(16(17)21)12-5-3-4-6-14(12)19-15/h3-7,9H,8H2,1-2H3,(H2,17,21). The number of amides is 1. The van der Waals surface area contributed by atoms with Gasteiger partial charge in [-0.15, -0.1) is 11.3 Å². The zero-order valence-corrected chi connectivity index (χ0v) is 13.2. The number of hydrogen-bond donors (Lipinski definition) is 1. The Morgan fingerprint density at radius 2 is 2.09 bits per heavy atom. The molecule has 112 valence electrons. The molecule has 22 heavy (non-hydrogen) atoms. The maximum Gasteiger partial charge on any atom is 0.249 e. The molecule has 0 unspecified atom stereocenters. The fraction of sp³-hybridized carbons (Fsp3) is 0.188. The monoisotopic (exact) mass is 312 g/mol. The van der Waals surface area contributed by atoms with Crippen LogP contribution in [0.15, 0.2) is 35.7 Å². The van der Waals surface area contributed by atoms with Crippen molar-refractivity contribution >= 4 is 34.0 Å². The molecule has 0 aliphatic carbocycles. The molecular weight excluding hydrogens is 296 g/mol. The van der Waals surface area contributed by atoms with Crippen LogP contribution in [0.25, 0.3) is 10.9 Å². The van der Waals surface area contributed by atoms with Crippen LogP contribution in [0.4, 0.5) is 5.82 Å². The van der Waals surface area contributed by atoms with Crippen molar-refractivity contribution in [1.82, 2.24) is 9.97 Å². The van der Waals surface area contributed by atoms with Gasteiger partial charge in [0.15, 0.2) is 0 Å². The first kappa shape index (κ1) is 14.5. The number of aromatic nitrogens is 2. The van der Waals surface area contributed by atoms with Crippen molar-refractivity contribution in [3.8, 4) is 0 Å². The molecule has 2 heterocycles. The molecule has 0 saturated heterocycles. The van der Waals surface area contributed by atoms with Crippen molar-refractivity contribution in [3.05, 3.63) is 52.0 Å². The van der Waals surface area contributed by atoms with Gasteiger partial charge < -0.3 is 10.6 Å². The van der Waals surface area contributed by atoms with Crippen LogP contribution in [0.5, 0.6) is 0 Å². The van der Waals surface area contributed by atoms with Gasteiger partial charge in [0.1, 0.15) is 5.82 Å². The Hall–Kier alpha value is -2.47. The molecule has 2 N–H and O–H groups in total. The maximum absolute atomic E-state index is 11.7. The van der Waals surface area contributed by atoms with Crippen LogP contribution >= 0.6 is 11.3 Å². The number of benzene rings is 1. The fourth-order valence-electron chi connectivity index (χ4n) is 2.37. The lowest BCUT2D eigenvalue weighted by Crippen LogP contribution is -2.20. The summed E-state index contributed by atoms with van der Waals surface area (Å²) >= 11 is 1.62. The van der Waals surface area contributed by atoms with E-state index in [0.717, 1.165) is 21.6 Å². The quantitative estimate of drug-likeness (QED) is 0.804. The first-order valence-corrected chi connectivity index (χ1v) is 7.74. The van der Waals surface area contributed by atoms with E-state index in [9.17, 15) is 4.79 Å². The van der Waals surface area contributed by atoms with Crippen LogP contribution in [-0.4, -0.2) is 22.9 Å². The lowest BCUT2D eigenvalue weighted by atomic mass is 10.1. The van der Waals surface area contributed by atoms with Crippen molar-refractivity contribution in [2.24, 2.45) is 5.73 Å². The number of fused-ring (bicyclic) bond motifs is 1. The Bertz CT molecular complexity index is 843. The molecule has 0 aliphatic heterocycles. The Labute approximate surface area is 132 Å². The lowest BCUT2D eigenvalue weighted by Gasteiger charge is -2.18. The summed E-state index contributed by atoms with van der Waals surface area (Å²) in [7, 11) is 1.93. The first-order chi connectivity index (χ1) is 10.5. The number of para-hydroxylation sites is 1. The van der Waals surface area contributed by atoms with Gasteiger partial charge in [-0.2, -0.15) is 0 Å². The summed E-state index contributed by atoms with van der Waals surface area (Å²) in [4.78, 5) is 22.8. The molecular formula is C16H16N4OS. The molecule has 3 rings (SSSR count). The van der Waals surface area contributed by atoms with Crippen LogP contribution in [0.1, 0.15) is 21.1 Å². The van der Waals surface area contributed by atoms with E-state index in [4.69, 9.17) is 5.73 Å². The number of thiazole rings is 1. The van der Waals surface area contributed by atoms with Gasteiger partial charge in [-0.1, -0.05) is 18.2 Å².